The third-order valence-corrected chi connectivity index (χ3v) is 3.94. The summed E-state index contributed by atoms with van der Waals surface area (Å²) in [6.45, 7) is 8.37. The molecule has 0 amide bonds. The number of benzene rings is 1. The molecule has 0 N–H and O–H groups in total. The number of para-hydroxylation sites is 1. The van der Waals surface area contributed by atoms with Gasteiger partial charge in [-0.2, -0.15) is 0 Å². The number of hydrogen-bond acceptors (Lipinski definition) is 3. The summed E-state index contributed by atoms with van der Waals surface area (Å²) in [6, 6.07) is 7.74. The van der Waals surface area contributed by atoms with Crippen LogP contribution >= 0.6 is 0 Å². The number of furan rings is 1. The van der Waals surface area contributed by atoms with Gasteiger partial charge in [0, 0.05) is 12.0 Å². The minimum Gasteiger partial charge on any atom is -0.453 e. The highest BCUT2D eigenvalue weighted by Gasteiger charge is 2.38. The third-order valence-electron chi connectivity index (χ3n) is 3.94. The highest BCUT2D eigenvalue weighted by atomic mass is 16.5. The molecule has 0 aliphatic heterocycles. The molecule has 1 aromatic heterocycles. The van der Waals surface area contributed by atoms with Crippen LogP contribution in [0.2, 0.25) is 0 Å². The van der Waals surface area contributed by atoms with Gasteiger partial charge < -0.3 is 9.15 Å². The summed E-state index contributed by atoms with van der Waals surface area (Å²) in [7, 11) is 0. The molecular weight excluding hydrogens is 252 g/mol. The fourth-order valence-electron chi connectivity index (χ4n) is 2.66. The molecule has 1 aromatic carbocycles. The molecule has 3 heteroatoms. The van der Waals surface area contributed by atoms with Gasteiger partial charge in [-0.3, -0.25) is 4.79 Å². The zero-order chi connectivity index (χ0) is 14.8. The average molecular weight is 274 g/mol. The minimum absolute atomic E-state index is 0.0556. The quantitative estimate of drug-likeness (QED) is 0.727. The van der Waals surface area contributed by atoms with Gasteiger partial charge in [0.25, 0.3) is 0 Å². The van der Waals surface area contributed by atoms with Crippen molar-refractivity contribution in [3.63, 3.8) is 0 Å². The van der Waals surface area contributed by atoms with E-state index in [-0.39, 0.29) is 5.78 Å². The van der Waals surface area contributed by atoms with Gasteiger partial charge in [0.2, 0.25) is 5.78 Å². The maximum atomic E-state index is 12.8. The summed E-state index contributed by atoms with van der Waals surface area (Å²) in [6.07, 6.45) is 1.29. The Kier molecular flexibility index (Phi) is 4.29. The van der Waals surface area contributed by atoms with Crippen LogP contribution in [-0.2, 0) is 4.74 Å². The van der Waals surface area contributed by atoms with E-state index in [2.05, 4.69) is 0 Å². The van der Waals surface area contributed by atoms with Gasteiger partial charge in [-0.05, 0) is 38.3 Å². The van der Waals surface area contributed by atoms with Crippen LogP contribution in [-0.4, -0.2) is 18.0 Å². The van der Waals surface area contributed by atoms with Crippen molar-refractivity contribution in [3.05, 3.63) is 35.6 Å². The second kappa shape index (κ2) is 5.80. The van der Waals surface area contributed by atoms with E-state index in [9.17, 15) is 4.79 Å². The third kappa shape index (κ3) is 2.38. The fraction of sp³-hybridized carbons (Fsp3) is 0.471. The number of hydrogen-bond donors (Lipinski definition) is 0. The van der Waals surface area contributed by atoms with Gasteiger partial charge in [-0.1, -0.05) is 32.0 Å². The van der Waals surface area contributed by atoms with Crippen LogP contribution in [0.3, 0.4) is 0 Å². The van der Waals surface area contributed by atoms with E-state index in [0.29, 0.717) is 25.2 Å². The Labute approximate surface area is 119 Å². The zero-order valence-electron chi connectivity index (χ0n) is 12.7. The van der Waals surface area contributed by atoms with Crippen LogP contribution in [0.5, 0.6) is 0 Å². The Morgan fingerprint density at radius 2 is 1.95 bits per heavy atom. The van der Waals surface area contributed by atoms with Crippen LogP contribution < -0.4 is 0 Å². The second-order valence-electron chi connectivity index (χ2n) is 5.07. The van der Waals surface area contributed by atoms with E-state index >= 15 is 0 Å². The topological polar surface area (TPSA) is 39.4 Å². The summed E-state index contributed by atoms with van der Waals surface area (Å²) < 4.78 is 11.5. The molecule has 0 fully saturated rings. The van der Waals surface area contributed by atoms with Gasteiger partial charge in [0.1, 0.15) is 11.2 Å². The molecule has 0 atom stereocenters. The summed E-state index contributed by atoms with van der Waals surface area (Å²) in [4.78, 5) is 12.8. The van der Waals surface area contributed by atoms with Crippen molar-refractivity contribution < 1.29 is 13.9 Å². The lowest BCUT2D eigenvalue weighted by Gasteiger charge is -2.28. The number of carbonyl (C=O) groups excluding carboxylic acids is 1. The molecule has 20 heavy (non-hydrogen) atoms. The highest BCUT2D eigenvalue weighted by molar-refractivity contribution is 6.03. The number of aryl methyl sites for hydroxylation is 1. The molecule has 2 aromatic rings. The van der Waals surface area contributed by atoms with Gasteiger partial charge >= 0.3 is 0 Å². The van der Waals surface area contributed by atoms with Crippen molar-refractivity contribution in [2.75, 3.05) is 6.61 Å². The number of carbonyl (C=O) groups is 1. The van der Waals surface area contributed by atoms with Gasteiger partial charge in [-0.25, -0.2) is 0 Å². The molecule has 0 aliphatic rings. The molecule has 1 heterocycles. The first kappa shape index (κ1) is 14.8. The van der Waals surface area contributed by atoms with Crippen molar-refractivity contribution in [3.8, 4) is 0 Å². The van der Waals surface area contributed by atoms with Crippen molar-refractivity contribution in [1.82, 2.24) is 0 Å². The van der Waals surface area contributed by atoms with Crippen molar-refractivity contribution >= 4 is 16.8 Å². The first-order chi connectivity index (χ1) is 9.57. The summed E-state index contributed by atoms with van der Waals surface area (Å²) in [5.74, 6) is 0.339. The van der Waals surface area contributed by atoms with E-state index in [0.717, 1.165) is 16.5 Å². The van der Waals surface area contributed by atoms with Gasteiger partial charge in [0.05, 0.1) is 0 Å². The van der Waals surface area contributed by atoms with Crippen LogP contribution in [0.25, 0.3) is 11.0 Å². The van der Waals surface area contributed by atoms with Crippen molar-refractivity contribution in [1.29, 1.82) is 0 Å². The molecular formula is C17H22O3. The van der Waals surface area contributed by atoms with E-state index in [1.165, 1.54) is 0 Å². The second-order valence-corrected chi connectivity index (χ2v) is 5.07. The minimum atomic E-state index is -0.767. The normalized spacial score (nSPS) is 12.0. The van der Waals surface area contributed by atoms with Gasteiger partial charge in [0.15, 0.2) is 5.76 Å². The maximum Gasteiger partial charge on any atom is 0.229 e. The molecule has 0 bridgehead atoms. The van der Waals surface area contributed by atoms with E-state index in [1.54, 1.807) is 0 Å². The van der Waals surface area contributed by atoms with Gasteiger partial charge in [-0.15, -0.1) is 0 Å². The number of rotatable bonds is 6. The molecule has 0 radical (unpaired) electrons. The molecule has 0 unspecified atom stereocenters. The Balaban J connectivity index is 2.46. The lowest BCUT2D eigenvalue weighted by atomic mass is 9.90. The first-order valence-corrected chi connectivity index (χ1v) is 7.25. The van der Waals surface area contributed by atoms with E-state index in [1.807, 2.05) is 52.0 Å². The number of fused-ring (bicyclic) bond motifs is 1. The van der Waals surface area contributed by atoms with Crippen LogP contribution in [0.4, 0.5) is 0 Å². The largest absolute Gasteiger partial charge is 0.453 e. The molecule has 0 aliphatic carbocycles. The Morgan fingerprint density at radius 3 is 2.50 bits per heavy atom. The standard InChI is InChI=1S/C17H22O3/c1-5-17(6-2,19-7-3)16(18)14-11-13-10-8-9-12(4)15(13)20-14/h8-11H,5-7H2,1-4H3. The summed E-state index contributed by atoms with van der Waals surface area (Å²) in [5, 5.41) is 0.964. The molecule has 2 rings (SSSR count). The highest BCUT2D eigenvalue weighted by Crippen LogP contribution is 2.30. The lowest BCUT2D eigenvalue weighted by molar-refractivity contribution is -0.0265. The Bertz CT molecular complexity index is 606. The molecule has 3 nitrogen and oxygen atoms in total. The zero-order valence-corrected chi connectivity index (χ0v) is 12.7. The van der Waals surface area contributed by atoms with Crippen molar-refractivity contribution in [2.24, 2.45) is 0 Å². The molecule has 0 spiro atoms. The fourth-order valence-corrected chi connectivity index (χ4v) is 2.66. The number of Topliss-reactive ketones (excluding diaryl/α,β-unsaturated/α-hetero) is 1. The Hall–Kier alpha value is -1.61. The predicted octanol–water partition coefficient (Wildman–Crippen LogP) is 4.52. The summed E-state index contributed by atoms with van der Waals surface area (Å²) in [5.41, 5.74) is 1.06. The van der Waals surface area contributed by atoms with Crippen molar-refractivity contribution in [2.45, 2.75) is 46.1 Å². The Morgan fingerprint density at radius 1 is 1.25 bits per heavy atom. The van der Waals surface area contributed by atoms with E-state index in [4.69, 9.17) is 9.15 Å². The number of ketones is 1. The monoisotopic (exact) mass is 274 g/mol. The average Bonchev–Trinajstić information content (AvgIpc) is 2.89. The maximum absolute atomic E-state index is 12.8. The van der Waals surface area contributed by atoms with E-state index < -0.39 is 5.60 Å². The first-order valence-electron chi connectivity index (χ1n) is 7.25. The summed E-state index contributed by atoms with van der Waals surface area (Å²) >= 11 is 0. The molecule has 0 saturated carbocycles. The smallest absolute Gasteiger partial charge is 0.229 e. The number of ether oxygens (including phenoxy) is 1. The van der Waals surface area contributed by atoms with Crippen LogP contribution in [0.15, 0.2) is 28.7 Å². The van der Waals surface area contributed by atoms with Crippen LogP contribution in [0.1, 0.15) is 49.7 Å². The molecule has 0 saturated heterocycles. The molecule has 108 valence electrons. The lowest BCUT2D eigenvalue weighted by Crippen LogP contribution is -2.40. The predicted molar refractivity (Wildman–Crippen MR) is 80.2 cm³/mol. The van der Waals surface area contributed by atoms with Crippen LogP contribution in [0, 0.1) is 6.92 Å². The SMILES string of the molecule is CCOC(CC)(CC)C(=O)c1cc2cccc(C)c2o1.